The zero-order valence-electron chi connectivity index (χ0n) is 9.27. The fourth-order valence-corrected chi connectivity index (χ4v) is 1.52. The summed E-state index contributed by atoms with van der Waals surface area (Å²) in [5, 5.41) is 13.1. The van der Waals surface area contributed by atoms with Crippen LogP contribution in [0.15, 0.2) is 24.3 Å². The van der Waals surface area contributed by atoms with Crippen molar-refractivity contribution >= 4 is 5.91 Å². The lowest BCUT2D eigenvalue weighted by Gasteiger charge is -2.14. The molecule has 5 nitrogen and oxygen atoms in total. The Kier molecular flexibility index (Phi) is 3.99. The van der Waals surface area contributed by atoms with E-state index in [9.17, 15) is 14.9 Å². The molecular formula is C11H14N2O3. The van der Waals surface area contributed by atoms with E-state index in [1.165, 1.54) is 6.92 Å². The molecule has 0 saturated carbocycles. The molecule has 0 fully saturated rings. The first-order chi connectivity index (χ1) is 7.49. The highest BCUT2D eigenvalue weighted by molar-refractivity contribution is 5.73. The summed E-state index contributed by atoms with van der Waals surface area (Å²) in [5.74, 6) is -0.270. The lowest BCUT2D eigenvalue weighted by Crippen LogP contribution is -2.31. The highest BCUT2D eigenvalue weighted by Gasteiger charge is 2.18. The van der Waals surface area contributed by atoms with Crippen molar-refractivity contribution in [3.8, 4) is 0 Å². The molecule has 0 aliphatic rings. The Hall–Kier alpha value is -1.91. The van der Waals surface area contributed by atoms with Crippen LogP contribution in [0.1, 0.15) is 24.1 Å². The molecule has 1 atom stereocenters. The fraction of sp³-hybridized carbons (Fsp3) is 0.364. The highest BCUT2D eigenvalue weighted by Crippen LogP contribution is 2.14. The Morgan fingerprint density at radius 1 is 1.56 bits per heavy atom. The standard InChI is InChI=1S/C11H14N2O3/c1-8-4-3-5-10(6-8)11(7-13(15)16)12-9(2)14/h3-6,11H,7H2,1-2H3,(H,12,14)/t11-/m1/s1. The predicted molar refractivity (Wildman–Crippen MR) is 59.6 cm³/mol. The van der Waals surface area contributed by atoms with E-state index in [4.69, 9.17) is 0 Å². The summed E-state index contributed by atoms with van der Waals surface area (Å²) in [6.45, 7) is 2.95. The van der Waals surface area contributed by atoms with Gasteiger partial charge in [0.25, 0.3) is 0 Å². The second kappa shape index (κ2) is 5.25. The number of nitrogens with one attached hydrogen (secondary N) is 1. The van der Waals surface area contributed by atoms with E-state index in [0.717, 1.165) is 11.1 Å². The summed E-state index contributed by atoms with van der Waals surface area (Å²) in [6, 6.07) is 6.77. The summed E-state index contributed by atoms with van der Waals surface area (Å²) >= 11 is 0. The minimum absolute atomic E-state index is 0.270. The molecule has 0 bridgehead atoms. The molecule has 1 aromatic carbocycles. The molecular weight excluding hydrogens is 208 g/mol. The van der Waals surface area contributed by atoms with Crippen LogP contribution in [-0.2, 0) is 4.79 Å². The fourth-order valence-electron chi connectivity index (χ4n) is 1.52. The molecule has 0 radical (unpaired) electrons. The quantitative estimate of drug-likeness (QED) is 0.619. The molecule has 1 N–H and O–H groups in total. The van der Waals surface area contributed by atoms with Crippen LogP contribution in [0.2, 0.25) is 0 Å². The molecule has 5 heteroatoms. The second-order valence-corrected chi connectivity index (χ2v) is 3.68. The van der Waals surface area contributed by atoms with Gasteiger partial charge in [0.05, 0.1) is 0 Å². The minimum Gasteiger partial charge on any atom is -0.343 e. The zero-order valence-corrected chi connectivity index (χ0v) is 9.27. The molecule has 0 heterocycles. The number of amides is 1. The average Bonchev–Trinajstić information content (AvgIpc) is 2.15. The van der Waals surface area contributed by atoms with E-state index < -0.39 is 11.0 Å². The van der Waals surface area contributed by atoms with Crippen LogP contribution < -0.4 is 5.32 Å². The van der Waals surface area contributed by atoms with Crippen molar-refractivity contribution in [2.24, 2.45) is 0 Å². The summed E-state index contributed by atoms with van der Waals surface area (Å²) in [5.41, 5.74) is 1.77. The number of benzene rings is 1. The van der Waals surface area contributed by atoms with Gasteiger partial charge in [-0.1, -0.05) is 29.8 Å². The van der Waals surface area contributed by atoms with Gasteiger partial charge < -0.3 is 5.32 Å². The third-order valence-electron chi connectivity index (χ3n) is 2.15. The summed E-state index contributed by atoms with van der Waals surface area (Å²) < 4.78 is 0. The Bertz CT molecular complexity index is 388. The zero-order chi connectivity index (χ0) is 12.1. The first-order valence-electron chi connectivity index (χ1n) is 4.94. The second-order valence-electron chi connectivity index (χ2n) is 3.68. The topological polar surface area (TPSA) is 72.2 Å². The summed E-state index contributed by atoms with van der Waals surface area (Å²) in [7, 11) is 0. The number of hydrogen-bond donors (Lipinski definition) is 1. The van der Waals surface area contributed by atoms with Gasteiger partial charge in [-0.3, -0.25) is 14.9 Å². The molecule has 1 amide bonds. The Balaban J connectivity index is 2.90. The van der Waals surface area contributed by atoms with Crippen LogP contribution in [0, 0.1) is 17.0 Å². The van der Waals surface area contributed by atoms with Gasteiger partial charge in [-0.2, -0.15) is 0 Å². The van der Waals surface area contributed by atoms with Crippen LogP contribution >= 0.6 is 0 Å². The number of carbonyl (C=O) groups is 1. The van der Waals surface area contributed by atoms with Crippen molar-refractivity contribution in [2.45, 2.75) is 19.9 Å². The van der Waals surface area contributed by atoms with E-state index in [0.29, 0.717) is 0 Å². The smallest absolute Gasteiger partial charge is 0.227 e. The number of carbonyl (C=O) groups excluding carboxylic acids is 1. The van der Waals surface area contributed by atoms with Gasteiger partial charge in [-0.25, -0.2) is 0 Å². The maximum absolute atomic E-state index is 11.0. The molecule has 1 aromatic rings. The number of aryl methyl sites for hydroxylation is 1. The molecule has 0 unspecified atom stereocenters. The van der Waals surface area contributed by atoms with Crippen LogP contribution in [0.5, 0.6) is 0 Å². The van der Waals surface area contributed by atoms with Crippen molar-refractivity contribution in [1.82, 2.24) is 5.32 Å². The molecule has 0 aliphatic carbocycles. The molecule has 0 saturated heterocycles. The summed E-state index contributed by atoms with van der Waals surface area (Å²) in [6.07, 6.45) is 0. The minimum atomic E-state index is -0.563. The monoisotopic (exact) mass is 222 g/mol. The van der Waals surface area contributed by atoms with Crippen LogP contribution in [0.25, 0.3) is 0 Å². The molecule has 0 spiro atoms. The van der Waals surface area contributed by atoms with Crippen molar-refractivity contribution in [1.29, 1.82) is 0 Å². The number of hydrogen-bond acceptors (Lipinski definition) is 3. The van der Waals surface area contributed by atoms with Crippen molar-refractivity contribution < 1.29 is 9.72 Å². The van der Waals surface area contributed by atoms with E-state index in [1.807, 2.05) is 25.1 Å². The highest BCUT2D eigenvalue weighted by atomic mass is 16.6. The SMILES string of the molecule is CC(=O)N[C@H](C[N+](=O)[O-])c1cccc(C)c1. The maximum Gasteiger partial charge on any atom is 0.227 e. The molecule has 1 rings (SSSR count). The Morgan fingerprint density at radius 2 is 2.25 bits per heavy atom. The summed E-state index contributed by atoms with van der Waals surface area (Å²) in [4.78, 5) is 21.0. The first-order valence-corrected chi connectivity index (χ1v) is 4.94. The molecule has 86 valence electrons. The van der Waals surface area contributed by atoms with Gasteiger partial charge >= 0.3 is 0 Å². The number of rotatable bonds is 4. The van der Waals surface area contributed by atoms with E-state index >= 15 is 0 Å². The Labute approximate surface area is 93.6 Å². The van der Waals surface area contributed by atoms with Crippen molar-refractivity contribution in [2.75, 3.05) is 6.54 Å². The van der Waals surface area contributed by atoms with Gasteiger partial charge in [0.2, 0.25) is 12.5 Å². The van der Waals surface area contributed by atoms with Gasteiger partial charge in [-0.05, 0) is 12.5 Å². The number of nitro groups is 1. The molecule has 0 aliphatic heterocycles. The lowest BCUT2D eigenvalue weighted by molar-refractivity contribution is -0.484. The van der Waals surface area contributed by atoms with Crippen LogP contribution in [0.4, 0.5) is 0 Å². The van der Waals surface area contributed by atoms with Crippen LogP contribution in [-0.4, -0.2) is 17.4 Å². The van der Waals surface area contributed by atoms with Crippen LogP contribution in [0.3, 0.4) is 0 Å². The first kappa shape index (κ1) is 12.2. The largest absolute Gasteiger partial charge is 0.343 e. The van der Waals surface area contributed by atoms with Gasteiger partial charge in [-0.15, -0.1) is 0 Å². The van der Waals surface area contributed by atoms with Gasteiger partial charge in [0, 0.05) is 11.8 Å². The third-order valence-corrected chi connectivity index (χ3v) is 2.15. The van der Waals surface area contributed by atoms with E-state index in [1.54, 1.807) is 6.07 Å². The predicted octanol–water partition coefficient (Wildman–Crippen LogP) is 1.45. The maximum atomic E-state index is 11.0. The normalized spacial score (nSPS) is 11.9. The van der Waals surface area contributed by atoms with E-state index in [2.05, 4.69) is 5.32 Å². The van der Waals surface area contributed by atoms with Gasteiger partial charge in [0.1, 0.15) is 6.04 Å². The van der Waals surface area contributed by atoms with E-state index in [-0.39, 0.29) is 12.5 Å². The molecule has 0 aromatic heterocycles. The van der Waals surface area contributed by atoms with Crippen molar-refractivity contribution in [3.05, 3.63) is 45.5 Å². The number of nitrogens with zero attached hydrogens (tertiary/aromatic N) is 1. The average molecular weight is 222 g/mol. The third kappa shape index (κ3) is 3.68. The lowest BCUT2D eigenvalue weighted by atomic mass is 10.0. The van der Waals surface area contributed by atoms with Crippen molar-refractivity contribution in [3.63, 3.8) is 0 Å². The van der Waals surface area contributed by atoms with Gasteiger partial charge in [0.15, 0.2) is 0 Å². The Morgan fingerprint density at radius 3 is 2.75 bits per heavy atom. The molecule has 16 heavy (non-hydrogen) atoms.